The topological polar surface area (TPSA) is 96.5 Å². The molecule has 3 aromatic rings. The molecule has 180 valence electrons. The fourth-order valence-electron chi connectivity index (χ4n) is 5.12. The molecule has 0 unspecified atom stereocenters. The minimum Gasteiger partial charge on any atom is -0.378 e. The van der Waals surface area contributed by atoms with Crippen molar-refractivity contribution < 1.29 is 4.74 Å². The van der Waals surface area contributed by atoms with Crippen molar-refractivity contribution in [1.82, 2.24) is 29.7 Å². The molecule has 2 saturated heterocycles. The zero-order valence-electron chi connectivity index (χ0n) is 19.7. The van der Waals surface area contributed by atoms with Crippen LogP contribution in [-0.2, 0) is 11.3 Å². The number of anilines is 2. The molecular formula is C24H32N8OS. The predicted molar refractivity (Wildman–Crippen MR) is 135 cm³/mol. The van der Waals surface area contributed by atoms with Crippen LogP contribution >= 0.6 is 11.3 Å². The molecule has 9 nitrogen and oxygen atoms in total. The average Bonchev–Trinajstić information content (AvgIpc) is 3.64. The highest BCUT2D eigenvalue weighted by atomic mass is 32.1. The molecule has 34 heavy (non-hydrogen) atoms. The van der Waals surface area contributed by atoms with Gasteiger partial charge in [0.15, 0.2) is 11.6 Å². The molecule has 10 heteroatoms. The summed E-state index contributed by atoms with van der Waals surface area (Å²) in [6.07, 6.45) is 8.72. The number of aromatic nitrogens is 4. The maximum atomic E-state index is 5.69. The van der Waals surface area contributed by atoms with Crippen molar-refractivity contribution in [3.8, 4) is 11.4 Å². The van der Waals surface area contributed by atoms with Crippen molar-refractivity contribution in [3.63, 3.8) is 0 Å². The van der Waals surface area contributed by atoms with E-state index >= 15 is 0 Å². The average molecular weight is 481 g/mol. The van der Waals surface area contributed by atoms with Gasteiger partial charge in [-0.3, -0.25) is 4.90 Å². The van der Waals surface area contributed by atoms with Gasteiger partial charge >= 0.3 is 0 Å². The number of nitrogens with zero attached hydrogens (tertiary/aromatic N) is 7. The number of likely N-dealkylation sites (tertiary alicyclic amines) is 1. The molecular weight excluding hydrogens is 448 g/mol. The normalized spacial score (nSPS) is 20.5. The van der Waals surface area contributed by atoms with Crippen LogP contribution < -0.4 is 10.6 Å². The second kappa shape index (κ2) is 9.33. The maximum Gasteiger partial charge on any atom is 0.219 e. The fraction of sp³-hybridized carbons (Fsp3) is 0.583. The number of nitrogen functional groups attached to an aromatic ring is 1. The lowest BCUT2D eigenvalue weighted by molar-refractivity contribution is 0.119. The summed E-state index contributed by atoms with van der Waals surface area (Å²) in [5.41, 5.74) is 7.45. The van der Waals surface area contributed by atoms with Gasteiger partial charge in [0.25, 0.3) is 0 Å². The van der Waals surface area contributed by atoms with Crippen LogP contribution in [-0.4, -0.2) is 88.3 Å². The molecule has 0 amide bonds. The number of nitrogens with two attached hydrogens (primary N) is 1. The summed E-state index contributed by atoms with van der Waals surface area (Å²) in [6.45, 7) is 6.52. The van der Waals surface area contributed by atoms with E-state index in [1.807, 2.05) is 11.3 Å². The summed E-state index contributed by atoms with van der Waals surface area (Å²) >= 11 is 1.82. The van der Waals surface area contributed by atoms with Gasteiger partial charge in [-0.25, -0.2) is 19.9 Å². The van der Waals surface area contributed by atoms with Gasteiger partial charge in [-0.2, -0.15) is 0 Å². The van der Waals surface area contributed by atoms with Gasteiger partial charge in [-0.15, -0.1) is 11.3 Å². The second-order valence-electron chi connectivity index (χ2n) is 9.64. The van der Waals surface area contributed by atoms with Crippen LogP contribution in [0.5, 0.6) is 0 Å². The molecule has 2 aliphatic heterocycles. The van der Waals surface area contributed by atoms with Crippen LogP contribution in [0.4, 0.5) is 11.8 Å². The van der Waals surface area contributed by atoms with Crippen molar-refractivity contribution in [3.05, 3.63) is 23.3 Å². The molecule has 0 radical (unpaired) electrons. The summed E-state index contributed by atoms with van der Waals surface area (Å²) < 4.78 is 6.73. The highest BCUT2D eigenvalue weighted by molar-refractivity contribution is 7.19. The zero-order chi connectivity index (χ0) is 23.1. The summed E-state index contributed by atoms with van der Waals surface area (Å²) in [7, 11) is 2.27. The predicted octanol–water partition coefficient (Wildman–Crippen LogP) is 2.63. The van der Waals surface area contributed by atoms with Gasteiger partial charge in [-0.05, 0) is 51.9 Å². The summed E-state index contributed by atoms with van der Waals surface area (Å²) in [5.74, 6) is 1.87. The third-order valence-electron chi connectivity index (χ3n) is 7.24. The Morgan fingerprint density at radius 3 is 2.50 bits per heavy atom. The van der Waals surface area contributed by atoms with Gasteiger partial charge in [0.2, 0.25) is 5.95 Å². The number of hydrogen-bond acceptors (Lipinski definition) is 10. The van der Waals surface area contributed by atoms with Gasteiger partial charge in [-0.1, -0.05) is 0 Å². The van der Waals surface area contributed by atoms with Crippen molar-refractivity contribution in [2.24, 2.45) is 0 Å². The van der Waals surface area contributed by atoms with E-state index in [4.69, 9.17) is 20.4 Å². The standard InChI is InChI=1S/C24H32N8OS/c1-30(17-4-6-31(7-5-17)18-2-3-18)15-19-12-20-21(34-19)23(32-8-10-33-11-9-32)29-22(28-20)16-13-26-24(25)27-14-16/h12-14,17-18H,2-11,15H2,1H3,(H2,25,26,27). The largest absolute Gasteiger partial charge is 0.378 e. The lowest BCUT2D eigenvalue weighted by Crippen LogP contribution is -2.43. The quantitative estimate of drug-likeness (QED) is 0.571. The number of ether oxygens (including phenoxy) is 1. The number of hydrogen-bond donors (Lipinski definition) is 1. The Morgan fingerprint density at radius 1 is 1.06 bits per heavy atom. The molecule has 1 saturated carbocycles. The fourth-order valence-corrected chi connectivity index (χ4v) is 6.30. The van der Waals surface area contributed by atoms with Crippen LogP contribution in [0.15, 0.2) is 18.5 Å². The van der Waals surface area contributed by atoms with Crippen molar-refractivity contribution >= 4 is 33.3 Å². The second-order valence-corrected chi connectivity index (χ2v) is 10.8. The van der Waals surface area contributed by atoms with Crippen LogP contribution in [0.1, 0.15) is 30.6 Å². The van der Waals surface area contributed by atoms with E-state index < -0.39 is 0 Å². The number of rotatable bonds is 6. The maximum absolute atomic E-state index is 5.69. The molecule has 1 aliphatic carbocycles. The van der Waals surface area contributed by atoms with Crippen LogP contribution in [0.3, 0.4) is 0 Å². The number of piperidine rings is 1. The third kappa shape index (κ3) is 4.59. The van der Waals surface area contributed by atoms with Gasteiger partial charge in [0, 0.05) is 49.0 Å². The molecule has 3 aliphatic rings. The van der Waals surface area contributed by atoms with E-state index in [2.05, 4.69) is 37.8 Å². The van der Waals surface area contributed by atoms with Gasteiger partial charge in [0.1, 0.15) is 0 Å². The first-order valence-electron chi connectivity index (χ1n) is 12.3. The van der Waals surface area contributed by atoms with Crippen molar-refractivity contribution in [2.45, 2.75) is 44.3 Å². The van der Waals surface area contributed by atoms with E-state index in [1.54, 1.807) is 12.4 Å². The molecule has 3 fully saturated rings. The first kappa shape index (κ1) is 22.1. The minimum absolute atomic E-state index is 0.252. The van der Waals surface area contributed by atoms with Crippen LogP contribution in [0.25, 0.3) is 21.6 Å². The Balaban J connectivity index is 1.27. The Hall–Kier alpha value is -2.40. The van der Waals surface area contributed by atoms with Gasteiger partial charge < -0.3 is 20.3 Å². The molecule has 0 aromatic carbocycles. The highest BCUT2D eigenvalue weighted by Crippen LogP contribution is 2.36. The summed E-state index contributed by atoms with van der Waals surface area (Å²) in [6, 6.07) is 3.77. The van der Waals surface area contributed by atoms with Crippen LogP contribution in [0.2, 0.25) is 0 Å². The van der Waals surface area contributed by atoms with E-state index in [0.29, 0.717) is 25.1 Å². The smallest absolute Gasteiger partial charge is 0.219 e. The SMILES string of the molecule is CN(Cc1cc2nc(-c3cnc(N)nc3)nc(N3CCOCC3)c2s1)C1CCN(C2CC2)CC1. The molecule has 2 N–H and O–H groups in total. The summed E-state index contributed by atoms with van der Waals surface area (Å²) in [5, 5.41) is 0. The van der Waals surface area contributed by atoms with Crippen LogP contribution in [0, 0.1) is 0 Å². The monoisotopic (exact) mass is 480 g/mol. The molecule has 5 heterocycles. The van der Waals surface area contributed by atoms with Crippen molar-refractivity contribution in [2.75, 3.05) is 57.1 Å². The zero-order valence-corrected chi connectivity index (χ0v) is 20.5. The molecule has 0 bridgehead atoms. The molecule has 3 aromatic heterocycles. The Bertz CT molecular complexity index is 1130. The third-order valence-corrected chi connectivity index (χ3v) is 8.34. The van der Waals surface area contributed by atoms with Gasteiger partial charge in [0.05, 0.1) is 29.0 Å². The van der Waals surface area contributed by atoms with Crippen molar-refractivity contribution in [1.29, 1.82) is 0 Å². The lowest BCUT2D eigenvalue weighted by atomic mass is 10.0. The summed E-state index contributed by atoms with van der Waals surface area (Å²) in [4.78, 5) is 27.0. The Labute approximate surface area is 204 Å². The first-order valence-corrected chi connectivity index (χ1v) is 13.1. The molecule has 0 spiro atoms. The van der Waals surface area contributed by atoms with E-state index in [1.165, 1.54) is 43.6 Å². The van der Waals surface area contributed by atoms with E-state index in [9.17, 15) is 0 Å². The van der Waals surface area contributed by atoms with E-state index in [0.717, 1.165) is 47.3 Å². The highest BCUT2D eigenvalue weighted by Gasteiger charge is 2.32. The van der Waals surface area contributed by atoms with E-state index in [-0.39, 0.29) is 5.95 Å². The number of morpholine rings is 1. The minimum atomic E-state index is 0.252. The molecule has 0 atom stereocenters. The number of fused-ring (bicyclic) bond motifs is 1. The lowest BCUT2D eigenvalue weighted by Gasteiger charge is -2.36. The Morgan fingerprint density at radius 2 is 1.79 bits per heavy atom. The molecule has 6 rings (SSSR count). The first-order chi connectivity index (χ1) is 16.6. The number of thiophene rings is 1. The Kier molecular flexibility index (Phi) is 6.06.